The summed E-state index contributed by atoms with van der Waals surface area (Å²) in [7, 11) is -2.51. The van der Waals surface area contributed by atoms with Crippen LogP contribution in [0, 0.1) is 10.7 Å². The van der Waals surface area contributed by atoms with E-state index in [1.54, 1.807) is 0 Å². The molecule has 0 fully saturated rings. The third kappa shape index (κ3) is 7.06. The van der Waals surface area contributed by atoms with Crippen LogP contribution in [0.4, 0.5) is 0 Å². The van der Waals surface area contributed by atoms with E-state index in [0.29, 0.717) is 19.8 Å². The van der Waals surface area contributed by atoms with Crippen molar-refractivity contribution in [1.29, 1.82) is 5.26 Å². The van der Waals surface area contributed by atoms with Crippen molar-refractivity contribution >= 4 is 20.6 Å². The number of hydrogen-bond acceptors (Lipinski definition) is 5. The molecule has 0 aliphatic heterocycles. The average molecular weight is 277 g/mol. The number of thiocyanates is 1. The lowest BCUT2D eigenvalue weighted by atomic mass is 10.4. The van der Waals surface area contributed by atoms with E-state index in [1.165, 1.54) is 11.8 Å². The molecule has 0 aliphatic carbocycles. The molecule has 1 unspecified atom stereocenters. The molecular weight excluding hydrogens is 254 g/mol. The van der Waals surface area contributed by atoms with Crippen molar-refractivity contribution in [2.24, 2.45) is 0 Å². The highest BCUT2D eigenvalue weighted by molar-refractivity contribution is 8.04. The highest BCUT2D eigenvalue weighted by Gasteiger charge is 2.40. The van der Waals surface area contributed by atoms with E-state index in [-0.39, 0.29) is 5.25 Å². The third-order valence-electron chi connectivity index (χ3n) is 2.20. The Morgan fingerprint density at radius 2 is 1.59 bits per heavy atom. The molecule has 0 saturated carbocycles. The lowest BCUT2D eigenvalue weighted by molar-refractivity contribution is 0.0708. The maximum absolute atomic E-state index is 8.61. The summed E-state index contributed by atoms with van der Waals surface area (Å²) in [6.07, 6.45) is 0.879. The van der Waals surface area contributed by atoms with Crippen LogP contribution in [0.3, 0.4) is 0 Å². The Kier molecular flexibility index (Phi) is 9.88. The molecule has 0 aliphatic rings. The summed E-state index contributed by atoms with van der Waals surface area (Å²) in [4.78, 5) is 0. The number of thioether (sulfide) groups is 1. The molecular formula is C11H23NO3SSi. The van der Waals surface area contributed by atoms with Crippen molar-refractivity contribution < 1.29 is 13.3 Å². The second-order valence-electron chi connectivity index (χ2n) is 3.54. The molecule has 0 saturated heterocycles. The molecule has 0 aromatic heterocycles. The molecule has 0 aromatic carbocycles. The van der Waals surface area contributed by atoms with Gasteiger partial charge in [-0.05, 0) is 39.0 Å². The van der Waals surface area contributed by atoms with Crippen LogP contribution in [-0.4, -0.2) is 33.9 Å². The Morgan fingerprint density at radius 3 is 1.94 bits per heavy atom. The zero-order valence-electron chi connectivity index (χ0n) is 11.2. The zero-order chi connectivity index (χ0) is 13.1. The summed E-state index contributed by atoms with van der Waals surface area (Å²) < 4.78 is 17.2. The monoisotopic (exact) mass is 277 g/mol. The van der Waals surface area contributed by atoms with E-state index in [9.17, 15) is 0 Å². The summed E-state index contributed by atoms with van der Waals surface area (Å²) >= 11 is 1.29. The van der Waals surface area contributed by atoms with E-state index in [1.807, 2.05) is 27.7 Å². The van der Waals surface area contributed by atoms with Crippen molar-refractivity contribution in [2.75, 3.05) is 19.8 Å². The summed E-state index contributed by atoms with van der Waals surface area (Å²) in [6, 6.07) is 0.776. The molecule has 1 atom stereocenters. The van der Waals surface area contributed by atoms with Crippen LogP contribution in [0.2, 0.25) is 6.04 Å². The zero-order valence-corrected chi connectivity index (χ0v) is 13.0. The van der Waals surface area contributed by atoms with E-state index < -0.39 is 8.80 Å². The minimum Gasteiger partial charge on any atom is -0.374 e. The molecule has 0 amide bonds. The summed E-state index contributed by atoms with van der Waals surface area (Å²) in [6.45, 7) is 9.70. The first-order valence-corrected chi connectivity index (χ1v) is 8.91. The van der Waals surface area contributed by atoms with Crippen molar-refractivity contribution in [1.82, 2.24) is 0 Å². The number of rotatable bonds is 10. The van der Waals surface area contributed by atoms with Crippen LogP contribution in [0.1, 0.15) is 34.1 Å². The van der Waals surface area contributed by atoms with Gasteiger partial charge in [-0.1, -0.05) is 6.92 Å². The van der Waals surface area contributed by atoms with Gasteiger partial charge in [0.1, 0.15) is 5.40 Å². The van der Waals surface area contributed by atoms with E-state index in [4.69, 9.17) is 18.5 Å². The van der Waals surface area contributed by atoms with Crippen LogP contribution >= 0.6 is 11.8 Å². The molecule has 0 aromatic rings. The van der Waals surface area contributed by atoms with Gasteiger partial charge in [-0.25, -0.2) is 0 Å². The highest BCUT2D eigenvalue weighted by atomic mass is 32.2. The molecule has 4 nitrogen and oxygen atoms in total. The van der Waals surface area contributed by atoms with Crippen LogP contribution in [0.5, 0.6) is 0 Å². The van der Waals surface area contributed by atoms with Gasteiger partial charge >= 0.3 is 8.80 Å². The Labute approximate surface area is 110 Å². The molecule has 0 rings (SSSR count). The molecule has 0 radical (unpaired) electrons. The van der Waals surface area contributed by atoms with Gasteiger partial charge in [0.25, 0.3) is 0 Å². The molecule has 0 bridgehead atoms. The second kappa shape index (κ2) is 9.92. The minimum absolute atomic E-state index is 0.285. The van der Waals surface area contributed by atoms with Crippen LogP contribution in [0.15, 0.2) is 0 Å². The molecule has 0 spiro atoms. The van der Waals surface area contributed by atoms with Gasteiger partial charge in [-0.2, -0.15) is 5.26 Å². The fraction of sp³-hybridized carbons (Fsp3) is 0.909. The van der Waals surface area contributed by atoms with Gasteiger partial charge in [-0.15, -0.1) is 0 Å². The Hall–Kier alpha value is -0.0631. The van der Waals surface area contributed by atoms with Crippen molar-refractivity contribution in [3.63, 3.8) is 0 Å². The summed E-state index contributed by atoms with van der Waals surface area (Å²) in [5.41, 5.74) is 0. The number of nitrogens with zero attached hydrogens (tertiary/aromatic N) is 1. The standard InChI is InChI=1S/C11H23NO3SSi/c1-5-13-17(14-6-2,15-7-3)9-8-11(4)16-10-12/h11H,5-9H2,1-4H3. The molecule has 100 valence electrons. The fourth-order valence-corrected chi connectivity index (χ4v) is 4.94. The van der Waals surface area contributed by atoms with Gasteiger partial charge in [-0.3, -0.25) is 0 Å². The maximum Gasteiger partial charge on any atom is 0.500 e. The topological polar surface area (TPSA) is 51.5 Å². The first-order valence-electron chi connectivity index (χ1n) is 6.10. The lowest BCUT2D eigenvalue weighted by Gasteiger charge is -2.29. The van der Waals surface area contributed by atoms with Gasteiger partial charge in [0.15, 0.2) is 0 Å². The highest BCUT2D eigenvalue weighted by Crippen LogP contribution is 2.23. The van der Waals surface area contributed by atoms with Crippen LogP contribution in [-0.2, 0) is 13.3 Å². The van der Waals surface area contributed by atoms with Gasteiger partial charge < -0.3 is 13.3 Å². The first-order chi connectivity index (χ1) is 8.14. The van der Waals surface area contributed by atoms with E-state index in [2.05, 4.69) is 5.40 Å². The van der Waals surface area contributed by atoms with Gasteiger partial charge in [0.05, 0.1) is 0 Å². The predicted octanol–water partition coefficient (Wildman–Crippen LogP) is 3.03. The van der Waals surface area contributed by atoms with Gasteiger partial charge in [0, 0.05) is 31.1 Å². The predicted molar refractivity (Wildman–Crippen MR) is 72.7 cm³/mol. The van der Waals surface area contributed by atoms with Crippen molar-refractivity contribution in [3.05, 3.63) is 0 Å². The quantitative estimate of drug-likeness (QED) is 0.454. The third-order valence-corrected chi connectivity index (χ3v) is 6.03. The van der Waals surface area contributed by atoms with Crippen molar-refractivity contribution in [2.45, 2.75) is 45.4 Å². The normalized spacial score (nSPS) is 13.4. The van der Waals surface area contributed by atoms with Gasteiger partial charge in [0.2, 0.25) is 0 Å². The molecule has 6 heteroatoms. The lowest BCUT2D eigenvalue weighted by Crippen LogP contribution is -2.46. The van der Waals surface area contributed by atoms with Crippen LogP contribution < -0.4 is 0 Å². The van der Waals surface area contributed by atoms with Crippen molar-refractivity contribution in [3.8, 4) is 5.40 Å². The smallest absolute Gasteiger partial charge is 0.374 e. The number of hydrogen-bond donors (Lipinski definition) is 0. The number of nitriles is 1. The molecule has 0 N–H and O–H groups in total. The summed E-state index contributed by atoms with van der Waals surface area (Å²) in [5.74, 6) is 0. The SMILES string of the molecule is CCO[Si](CCC(C)SC#N)(OCC)OCC. The second-order valence-corrected chi connectivity index (χ2v) is 7.50. The fourth-order valence-electron chi connectivity index (χ4n) is 1.53. The Morgan fingerprint density at radius 1 is 1.12 bits per heavy atom. The Balaban J connectivity index is 4.38. The Bertz CT molecular complexity index is 218. The van der Waals surface area contributed by atoms with Crippen LogP contribution in [0.25, 0.3) is 0 Å². The van der Waals surface area contributed by atoms with E-state index in [0.717, 1.165) is 12.5 Å². The average Bonchev–Trinajstić information content (AvgIpc) is 2.28. The minimum atomic E-state index is -2.51. The molecule has 17 heavy (non-hydrogen) atoms. The van der Waals surface area contributed by atoms with E-state index >= 15 is 0 Å². The largest absolute Gasteiger partial charge is 0.500 e. The maximum atomic E-state index is 8.61. The molecule has 0 heterocycles. The first kappa shape index (κ1) is 16.9. The summed E-state index contributed by atoms with van der Waals surface area (Å²) in [5, 5.41) is 11.0.